The summed E-state index contributed by atoms with van der Waals surface area (Å²) in [5.74, 6) is 0. The topological polar surface area (TPSA) is 60.9 Å². The van der Waals surface area contributed by atoms with Gasteiger partial charge in [-0.1, -0.05) is 0 Å². The molecular weight excluding hydrogens is 166 g/mol. The molecule has 0 aliphatic carbocycles. The molecule has 0 unspecified atom stereocenters. The quantitative estimate of drug-likeness (QED) is 0.593. The minimum absolute atomic E-state index is 0.236. The Hall–Kier alpha value is -1.84. The number of nitrogens with zero attached hydrogens (tertiary/aromatic N) is 2. The third kappa shape index (κ3) is 1.16. The van der Waals surface area contributed by atoms with Crippen LogP contribution in [0.25, 0.3) is 10.9 Å². The van der Waals surface area contributed by atoms with E-state index in [1.165, 1.54) is 6.33 Å². The van der Waals surface area contributed by atoms with E-state index in [4.69, 9.17) is 5.73 Å². The number of hydrogen-bond acceptors (Lipinski definition) is 3. The number of fused-ring (bicyclic) bond motifs is 1. The zero-order valence-electron chi connectivity index (χ0n) is 7.19. The van der Waals surface area contributed by atoms with E-state index in [1.54, 1.807) is 16.7 Å². The minimum atomic E-state index is -0.236. The summed E-state index contributed by atoms with van der Waals surface area (Å²) < 4.78 is 1.79. The molecule has 0 atom stereocenters. The number of hydrogen-bond donors (Lipinski definition) is 1. The van der Waals surface area contributed by atoms with E-state index >= 15 is 0 Å². The maximum atomic E-state index is 11.3. The van der Waals surface area contributed by atoms with Crippen LogP contribution in [0, 0.1) is 0 Å². The van der Waals surface area contributed by atoms with Crippen LogP contribution in [0.15, 0.2) is 29.3 Å². The van der Waals surface area contributed by atoms with Gasteiger partial charge in [-0.05, 0) is 18.2 Å². The van der Waals surface area contributed by atoms with Crippen molar-refractivity contribution in [3.8, 4) is 0 Å². The highest BCUT2D eigenvalue weighted by atomic mass is 16.1. The Morgan fingerprint density at radius 3 is 3.00 bits per heavy atom. The fourth-order valence-corrected chi connectivity index (χ4v) is 1.30. The van der Waals surface area contributed by atoms with Crippen LogP contribution in [-0.4, -0.2) is 9.55 Å². The predicted molar refractivity (Wildman–Crippen MR) is 51.4 cm³/mol. The Kier molecular flexibility index (Phi) is 1.55. The SMILES string of the molecule is Cn1cnc(=O)c2cc(N)ccc21. The molecule has 0 spiro atoms. The fraction of sp³-hybridized carbons (Fsp3) is 0.111. The number of rotatable bonds is 0. The molecule has 4 nitrogen and oxygen atoms in total. The number of nitrogen functional groups attached to an aromatic ring is 1. The van der Waals surface area contributed by atoms with E-state index in [0.29, 0.717) is 11.1 Å². The van der Waals surface area contributed by atoms with Gasteiger partial charge in [-0.25, -0.2) is 0 Å². The van der Waals surface area contributed by atoms with Crippen LogP contribution in [0.1, 0.15) is 0 Å². The van der Waals surface area contributed by atoms with Gasteiger partial charge in [0.25, 0.3) is 5.56 Å². The second-order valence-electron chi connectivity index (χ2n) is 2.94. The normalized spacial score (nSPS) is 10.5. The molecule has 1 aromatic carbocycles. The van der Waals surface area contributed by atoms with Crippen LogP contribution in [0.2, 0.25) is 0 Å². The van der Waals surface area contributed by atoms with Gasteiger partial charge in [-0.3, -0.25) is 4.79 Å². The zero-order chi connectivity index (χ0) is 9.42. The Morgan fingerprint density at radius 1 is 1.46 bits per heavy atom. The van der Waals surface area contributed by atoms with Gasteiger partial charge in [-0.2, -0.15) is 4.98 Å². The van der Waals surface area contributed by atoms with Gasteiger partial charge in [0.15, 0.2) is 0 Å². The maximum Gasteiger partial charge on any atom is 0.280 e. The molecule has 2 rings (SSSR count). The lowest BCUT2D eigenvalue weighted by molar-refractivity contribution is 0.901. The zero-order valence-corrected chi connectivity index (χ0v) is 7.19. The highest BCUT2D eigenvalue weighted by Gasteiger charge is 2.00. The van der Waals surface area contributed by atoms with Crippen molar-refractivity contribution in [2.75, 3.05) is 5.73 Å². The minimum Gasteiger partial charge on any atom is -0.399 e. The van der Waals surface area contributed by atoms with E-state index < -0.39 is 0 Å². The lowest BCUT2D eigenvalue weighted by Crippen LogP contribution is -2.10. The van der Waals surface area contributed by atoms with Gasteiger partial charge in [0, 0.05) is 12.7 Å². The molecule has 0 fully saturated rings. The Labute approximate surface area is 74.6 Å². The van der Waals surface area contributed by atoms with Crippen LogP contribution in [-0.2, 0) is 7.05 Å². The molecule has 0 amide bonds. The van der Waals surface area contributed by atoms with Crippen molar-refractivity contribution in [3.63, 3.8) is 0 Å². The summed E-state index contributed by atoms with van der Waals surface area (Å²) in [4.78, 5) is 15.0. The van der Waals surface area contributed by atoms with Crippen LogP contribution >= 0.6 is 0 Å². The summed E-state index contributed by atoms with van der Waals surface area (Å²) in [5.41, 5.74) is 6.75. The molecule has 1 heterocycles. The van der Waals surface area contributed by atoms with Crippen molar-refractivity contribution in [1.82, 2.24) is 9.55 Å². The molecule has 0 saturated heterocycles. The molecule has 2 N–H and O–H groups in total. The van der Waals surface area contributed by atoms with Crippen LogP contribution < -0.4 is 11.3 Å². The van der Waals surface area contributed by atoms with Crippen molar-refractivity contribution < 1.29 is 0 Å². The lowest BCUT2D eigenvalue weighted by atomic mass is 10.2. The molecule has 2 aromatic rings. The first-order chi connectivity index (χ1) is 6.18. The highest BCUT2D eigenvalue weighted by molar-refractivity contribution is 5.81. The molecule has 0 aliphatic rings. The van der Waals surface area contributed by atoms with Crippen LogP contribution in [0.4, 0.5) is 5.69 Å². The summed E-state index contributed by atoms with van der Waals surface area (Å²) in [5, 5.41) is 0.560. The van der Waals surface area contributed by atoms with Gasteiger partial charge < -0.3 is 10.3 Å². The molecule has 0 bridgehead atoms. The number of anilines is 1. The van der Waals surface area contributed by atoms with Gasteiger partial charge >= 0.3 is 0 Å². The first kappa shape index (κ1) is 7.79. The number of nitrogens with two attached hydrogens (primary N) is 1. The molecule has 0 radical (unpaired) electrons. The first-order valence-electron chi connectivity index (χ1n) is 3.89. The van der Waals surface area contributed by atoms with Gasteiger partial charge in [0.05, 0.1) is 17.2 Å². The summed E-state index contributed by atoms with van der Waals surface area (Å²) >= 11 is 0. The molecule has 4 heteroatoms. The highest BCUT2D eigenvalue weighted by Crippen LogP contribution is 2.11. The van der Waals surface area contributed by atoms with Crippen molar-refractivity contribution in [2.24, 2.45) is 7.05 Å². The molecule has 0 aliphatic heterocycles. The third-order valence-corrected chi connectivity index (χ3v) is 1.98. The number of benzene rings is 1. The maximum absolute atomic E-state index is 11.3. The molecule has 1 aromatic heterocycles. The molecular formula is C9H9N3O. The summed E-state index contributed by atoms with van der Waals surface area (Å²) in [6.07, 6.45) is 1.50. The molecule has 0 saturated carbocycles. The van der Waals surface area contributed by atoms with E-state index in [-0.39, 0.29) is 5.56 Å². The van der Waals surface area contributed by atoms with Crippen molar-refractivity contribution >= 4 is 16.6 Å². The van der Waals surface area contributed by atoms with E-state index in [1.807, 2.05) is 13.1 Å². The summed E-state index contributed by atoms with van der Waals surface area (Å²) in [6, 6.07) is 5.22. The summed E-state index contributed by atoms with van der Waals surface area (Å²) in [6.45, 7) is 0. The third-order valence-electron chi connectivity index (χ3n) is 1.98. The standard InChI is InChI=1S/C9H9N3O/c1-12-5-11-9(13)7-4-6(10)2-3-8(7)12/h2-5H,10H2,1H3. The predicted octanol–water partition coefficient (Wildman–Crippen LogP) is 0.516. The van der Waals surface area contributed by atoms with E-state index in [9.17, 15) is 4.79 Å². The average molecular weight is 175 g/mol. The smallest absolute Gasteiger partial charge is 0.280 e. The van der Waals surface area contributed by atoms with Crippen molar-refractivity contribution in [1.29, 1.82) is 0 Å². The van der Waals surface area contributed by atoms with Gasteiger partial charge in [-0.15, -0.1) is 0 Å². The number of aromatic nitrogens is 2. The average Bonchev–Trinajstić information content (AvgIpc) is 2.12. The first-order valence-corrected chi connectivity index (χ1v) is 3.89. The van der Waals surface area contributed by atoms with Crippen LogP contribution in [0.3, 0.4) is 0 Å². The van der Waals surface area contributed by atoms with E-state index in [0.717, 1.165) is 5.52 Å². The lowest BCUT2D eigenvalue weighted by Gasteiger charge is -2.03. The Bertz CT molecular complexity index is 516. The fourth-order valence-electron chi connectivity index (χ4n) is 1.30. The second-order valence-corrected chi connectivity index (χ2v) is 2.94. The van der Waals surface area contributed by atoms with Crippen molar-refractivity contribution in [2.45, 2.75) is 0 Å². The molecule has 13 heavy (non-hydrogen) atoms. The summed E-state index contributed by atoms with van der Waals surface area (Å²) in [7, 11) is 1.84. The monoisotopic (exact) mass is 175 g/mol. The Balaban J connectivity index is 3.01. The van der Waals surface area contributed by atoms with Gasteiger partial charge in [0.1, 0.15) is 0 Å². The van der Waals surface area contributed by atoms with Gasteiger partial charge in [0.2, 0.25) is 0 Å². The largest absolute Gasteiger partial charge is 0.399 e. The Morgan fingerprint density at radius 2 is 2.23 bits per heavy atom. The molecule has 66 valence electrons. The van der Waals surface area contributed by atoms with Crippen LogP contribution in [0.5, 0.6) is 0 Å². The van der Waals surface area contributed by atoms with Crippen molar-refractivity contribution in [3.05, 3.63) is 34.9 Å². The second kappa shape index (κ2) is 2.58. The number of aryl methyl sites for hydroxylation is 1. The van der Waals surface area contributed by atoms with E-state index in [2.05, 4.69) is 4.98 Å².